The quantitative estimate of drug-likeness (QED) is 0.0212. The molecule has 18 heteroatoms. The molecule has 6 aromatic rings. The number of carbonyl (C=O) groups is 8. The van der Waals surface area contributed by atoms with Crippen LogP contribution in [0.2, 0.25) is 0 Å². The molecule has 1 N–H and O–H groups in total. The zero-order chi connectivity index (χ0) is 76.6. The van der Waals surface area contributed by atoms with E-state index in [1.165, 1.54) is 139 Å². The molecule has 0 spiro atoms. The number of nitrogens with one attached hydrogen (secondary N) is 1. The smallest absolute Gasteiger partial charge is 0.338 e. The van der Waals surface area contributed by atoms with Crippen LogP contribution in [0.4, 0.5) is 0 Å². The Morgan fingerprint density at radius 2 is 0.657 bits per heavy atom. The molecule has 1 aliphatic heterocycles. The Morgan fingerprint density at radius 3 is 1.02 bits per heavy atom. The van der Waals surface area contributed by atoms with E-state index < -0.39 is 116 Å². The highest BCUT2D eigenvalue weighted by Crippen LogP contribution is 2.33. The van der Waals surface area contributed by atoms with Crippen LogP contribution >= 0.6 is 0 Å². The molecule has 1 amide bonds. The molecular formula is C90H117NO17. The zero-order valence-corrected chi connectivity index (χ0v) is 64.0. The fourth-order valence-corrected chi connectivity index (χ4v) is 13.4. The summed E-state index contributed by atoms with van der Waals surface area (Å²) in [6, 6.07) is 47.0. The standard InChI is InChI=1S/C90H117NO17/c1-4-6-8-10-12-14-16-17-18-19-20-21-22-23-24-25-27-29-31-51-65-77(103-85(95)70-54-40-33-41-55-70)83(93)91-75(79(105-86(96)71-56-42-34-43-57-71)76(102-84(94)69-52-38-32-39-53-69)64-50-30-28-26-15-13-11-9-7-5-2)66-101-90-82(108-89(99)74-62-48-37-49-63-74)81(107-88(98)73-60-46-36-47-61-73)80(78(104-90)67-100-68(3)92)106-87(97)72-58-44-35-45-59-72/h32-49,52-63,75-82,90H,4-31,50-51,64-67H2,1-3H3,(H,91,93)/t75-,76+,77+,78+,79-,80+,81-,82+,90+/m0/s1. The van der Waals surface area contributed by atoms with Crippen molar-refractivity contribution in [3.05, 3.63) is 215 Å². The van der Waals surface area contributed by atoms with E-state index in [0.29, 0.717) is 19.3 Å². The van der Waals surface area contributed by atoms with Crippen LogP contribution in [0.1, 0.15) is 288 Å². The molecular weight excluding hydrogens is 1370 g/mol. The van der Waals surface area contributed by atoms with E-state index in [1.807, 2.05) is 0 Å². The number of benzene rings is 6. The highest BCUT2D eigenvalue weighted by molar-refractivity contribution is 5.94. The van der Waals surface area contributed by atoms with Gasteiger partial charge in [0.25, 0.3) is 5.91 Å². The largest absolute Gasteiger partial charge is 0.463 e. The number of ether oxygens (including phenoxy) is 9. The summed E-state index contributed by atoms with van der Waals surface area (Å²) < 4.78 is 57.7. The first-order chi connectivity index (χ1) is 52.8. The first kappa shape index (κ1) is 86.2. The Hall–Kier alpha value is -9.00. The molecule has 0 saturated carbocycles. The van der Waals surface area contributed by atoms with E-state index in [2.05, 4.69) is 19.2 Å². The third-order valence-electron chi connectivity index (χ3n) is 19.6. The topological polar surface area (TPSA) is 232 Å². The summed E-state index contributed by atoms with van der Waals surface area (Å²) in [5, 5.41) is 3.07. The van der Waals surface area contributed by atoms with E-state index >= 15 is 4.79 Å². The van der Waals surface area contributed by atoms with Crippen molar-refractivity contribution in [2.45, 2.75) is 281 Å². The second-order valence-corrected chi connectivity index (χ2v) is 28.3. The van der Waals surface area contributed by atoms with Gasteiger partial charge in [-0.05, 0) is 98.5 Å². The van der Waals surface area contributed by atoms with Crippen LogP contribution in [0.5, 0.6) is 0 Å². The normalized spacial score (nSPS) is 16.5. The van der Waals surface area contributed by atoms with Crippen LogP contribution in [0.15, 0.2) is 182 Å². The molecule has 0 unspecified atom stereocenters. The molecule has 0 aliphatic carbocycles. The molecule has 108 heavy (non-hydrogen) atoms. The molecule has 0 aromatic heterocycles. The highest BCUT2D eigenvalue weighted by atomic mass is 16.7. The first-order valence-electron chi connectivity index (χ1n) is 40.1. The summed E-state index contributed by atoms with van der Waals surface area (Å²) >= 11 is 0. The monoisotopic (exact) mass is 1480 g/mol. The van der Waals surface area contributed by atoms with Crippen molar-refractivity contribution in [2.24, 2.45) is 0 Å². The van der Waals surface area contributed by atoms with Crippen molar-refractivity contribution in [1.29, 1.82) is 0 Å². The Morgan fingerprint density at radius 1 is 0.352 bits per heavy atom. The molecule has 0 bridgehead atoms. The van der Waals surface area contributed by atoms with Crippen LogP contribution in [-0.2, 0) is 52.2 Å². The predicted molar refractivity (Wildman–Crippen MR) is 416 cm³/mol. The van der Waals surface area contributed by atoms with Gasteiger partial charge >= 0.3 is 41.8 Å². The predicted octanol–water partition coefficient (Wildman–Crippen LogP) is 19.7. The van der Waals surface area contributed by atoms with Gasteiger partial charge in [0.05, 0.1) is 46.0 Å². The lowest BCUT2D eigenvalue weighted by Gasteiger charge is -2.44. The summed E-state index contributed by atoms with van der Waals surface area (Å²) in [5.41, 5.74) is 0.693. The van der Waals surface area contributed by atoms with Crippen molar-refractivity contribution >= 4 is 47.7 Å². The molecule has 584 valence electrons. The number of rotatable bonds is 53. The Kier molecular flexibility index (Phi) is 41.0. The maximum absolute atomic E-state index is 15.8. The van der Waals surface area contributed by atoms with Gasteiger partial charge < -0.3 is 47.9 Å². The van der Waals surface area contributed by atoms with Crippen LogP contribution in [0, 0.1) is 0 Å². The van der Waals surface area contributed by atoms with Gasteiger partial charge in [-0.25, -0.2) is 28.8 Å². The van der Waals surface area contributed by atoms with Crippen molar-refractivity contribution in [1.82, 2.24) is 5.32 Å². The second kappa shape index (κ2) is 51.4. The van der Waals surface area contributed by atoms with E-state index in [0.717, 1.165) is 77.6 Å². The van der Waals surface area contributed by atoms with Gasteiger partial charge in [0.2, 0.25) is 0 Å². The van der Waals surface area contributed by atoms with Crippen molar-refractivity contribution in [3.8, 4) is 0 Å². The van der Waals surface area contributed by atoms with E-state index in [1.54, 1.807) is 146 Å². The van der Waals surface area contributed by atoms with Crippen LogP contribution in [0.3, 0.4) is 0 Å². The van der Waals surface area contributed by atoms with Gasteiger partial charge in [0.1, 0.15) is 18.8 Å². The summed E-state index contributed by atoms with van der Waals surface area (Å²) in [6.45, 7) is 4.23. The second-order valence-electron chi connectivity index (χ2n) is 28.3. The minimum absolute atomic E-state index is 0.0497. The molecule has 1 aliphatic rings. The lowest BCUT2D eigenvalue weighted by Crippen LogP contribution is -2.64. The highest BCUT2D eigenvalue weighted by Gasteiger charge is 2.54. The molecule has 18 nitrogen and oxygen atoms in total. The molecule has 9 atom stereocenters. The fraction of sp³-hybridized carbons (Fsp3) is 0.511. The average Bonchev–Trinajstić information content (AvgIpc) is 0.775. The van der Waals surface area contributed by atoms with Gasteiger partial charge in [0.15, 0.2) is 36.8 Å². The summed E-state index contributed by atoms with van der Waals surface area (Å²) in [4.78, 5) is 116. The zero-order valence-electron chi connectivity index (χ0n) is 64.0. The minimum atomic E-state index is -1.89. The molecule has 1 saturated heterocycles. The van der Waals surface area contributed by atoms with Gasteiger partial charge in [0, 0.05) is 6.92 Å². The molecule has 0 radical (unpaired) electrons. The first-order valence-corrected chi connectivity index (χ1v) is 40.1. The van der Waals surface area contributed by atoms with Gasteiger partial charge in [-0.2, -0.15) is 0 Å². The lowest BCUT2D eigenvalue weighted by molar-refractivity contribution is -0.301. The maximum Gasteiger partial charge on any atom is 0.338 e. The third-order valence-corrected chi connectivity index (χ3v) is 19.6. The molecule has 1 fully saturated rings. The number of amides is 1. The molecule has 7 rings (SSSR count). The summed E-state index contributed by atoms with van der Waals surface area (Å²) in [7, 11) is 0. The minimum Gasteiger partial charge on any atom is -0.463 e. The maximum atomic E-state index is 15.8. The van der Waals surface area contributed by atoms with Crippen molar-refractivity contribution in [3.63, 3.8) is 0 Å². The van der Waals surface area contributed by atoms with Crippen LogP contribution in [-0.4, -0.2) is 116 Å². The average molecular weight is 1480 g/mol. The fourth-order valence-electron chi connectivity index (χ4n) is 13.4. The number of carbonyl (C=O) groups excluding carboxylic acids is 8. The van der Waals surface area contributed by atoms with Crippen molar-refractivity contribution < 1.29 is 81.0 Å². The molecule has 1 heterocycles. The van der Waals surface area contributed by atoms with E-state index in [4.69, 9.17) is 42.6 Å². The van der Waals surface area contributed by atoms with Crippen LogP contribution < -0.4 is 5.32 Å². The van der Waals surface area contributed by atoms with Gasteiger partial charge in [-0.15, -0.1) is 0 Å². The third kappa shape index (κ3) is 32.1. The Balaban J connectivity index is 1.25. The van der Waals surface area contributed by atoms with Crippen LogP contribution in [0.25, 0.3) is 0 Å². The summed E-state index contributed by atoms with van der Waals surface area (Å²) in [5.74, 6) is -6.78. The number of hydrogen-bond acceptors (Lipinski definition) is 17. The number of hydrogen-bond donors (Lipinski definition) is 1. The number of esters is 7. The van der Waals surface area contributed by atoms with Gasteiger partial charge in [-0.1, -0.05) is 303 Å². The lowest BCUT2D eigenvalue weighted by atomic mass is 9.96. The summed E-state index contributed by atoms with van der Waals surface area (Å²) in [6.07, 6.45) is 20.3. The van der Waals surface area contributed by atoms with Crippen molar-refractivity contribution in [2.75, 3.05) is 13.2 Å². The van der Waals surface area contributed by atoms with Gasteiger partial charge in [-0.3, -0.25) is 9.59 Å². The van der Waals surface area contributed by atoms with E-state index in [9.17, 15) is 33.6 Å². The Bertz CT molecular complexity index is 3510. The SMILES string of the molecule is CCCCCCCCCCCCCCCCCCCCCC[C@@H](OC(=O)c1ccccc1)C(=O)N[C@@H](CO[C@@H]1O[C@H](COC(C)=O)[C@@H](OC(=O)c2ccccc2)[C@H](OC(=O)c2ccccc2)[C@H]1OC(=O)c1ccccc1)[C@H](OC(=O)c1ccccc1)[C@@H](CCCCCCCCCCCC)OC(=O)c1ccccc1. The number of unbranched alkanes of at least 4 members (excludes halogenated alkanes) is 28. The van der Waals surface area contributed by atoms with E-state index in [-0.39, 0.29) is 46.2 Å². The molecule has 6 aromatic carbocycles. The Labute approximate surface area is 640 Å².